The Labute approximate surface area is 134 Å². The number of carbonyl (C=O) groups excluding carboxylic acids is 2. The van der Waals surface area contributed by atoms with Crippen molar-refractivity contribution in [1.82, 2.24) is 24.4 Å². The Balaban J connectivity index is 1.57. The molecule has 0 saturated carbocycles. The number of carbonyl (C=O) groups is 2. The van der Waals surface area contributed by atoms with Crippen molar-refractivity contribution < 1.29 is 14.3 Å². The van der Waals surface area contributed by atoms with Crippen LogP contribution < -0.4 is 5.32 Å². The van der Waals surface area contributed by atoms with E-state index in [1.807, 2.05) is 17.8 Å². The van der Waals surface area contributed by atoms with Gasteiger partial charge < -0.3 is 19.5 Å². The van der Waals surface area contributed by atoms with E-state index in [0.717, 1.165) is 5.65 Å². The van der Waals surface area contributed by atoms with E-state index in [1.54, 1.807) is 28.9 Å². The van der Waals surface area contributed by atoms with Crippen LogP contribution in [0.4, 0.5) is 0 Å². The van der Waals surface area contributed by atoms with Crippen LogP contribution in [0.15, 0.2) is 18.6 Å². The summed E-state index contributed by atoms with van der Waals surface area (Å²) in [6.07, 6.45) is 5.69. The van der Waals surface area contributed by atoms with Crippen LogP contribution >= 0.6 is 0 Å². The molecule has 8 heteroatoms. The number of ether oxygens (including phenoxy) is 1. The van der Waals surface area contributed by atoms with Crippen molar-refractivity contribution in [3.63, 3.8) is 0 Å². The van der Waals surface area contributed by atoms with Crippen molar-refractivity contribution in [3.8, 4) is 0 Å². The lowest BCUT2D eigenvalue weighted by Gasteiger charge is -2.16. The molecule has 124 valence electrons. The second-order valence-corrected chi connectivity index (χ2v) is 5.85. The molecule has 3 rings (SSSR count). The van der Waals surface area contributed by atoms with E-state index in [2.05, 4.69) is 10.4 Å². The molecule has 0 radical (unpaired) electrons. The monoisotopic (exact) mass is 319 g/mol. The van der Waals surface area contributed by atoms with Crippen LogP contribution in [-0.4, -0.2) is 64.2 Å². The lowest BCUT2D eigenvalue weighted by Crippen LogP contribution is -2.32. The van der Waals surface area contributed by atoms with Crippen LogP contribution in [0, 0.1) is 5.92 Å². The first-order valence-corrected chi connectivity index (χ1v) is 7.63. The molecule has 2 aromatic heterocycles. The van der Waals surface area contributed by atoms with Crippen LogP contribution in [-0.2, 0) is 16.6 Å². The van der Waals surface area contributed by atoms with E-state index in [9.17, 15) is 9.59 Å². The first kappa shape index (κ1) is 15.5. The molecule has 2 amide bonds. The summed E-state index contributed by atoms with van der Waals surface area (Å²) in [6, 6.07) is 0. The van der Waals surface area contributed by atoms with Gasteiger partial charge in [-0.05, 0) is 0 Å². The maximum absolute atomic E-state index is 12.4. The molecule has 1 aliphatic rings. The third-order valence-electron chi connectivity index (χ3n) is 4.19. The second kappa shape index (κ2) is 6.41. The molecular formula is C15H21N5O3. The van der Waals surface area contributed by atoms with Crippen LogP contribution in [0.3, 0.4) is 0 Å². The molecule has 1 fully saturated rings. The largest absolute Gasteiger partial charge is 0.383 e. The van der Waals surface area contributed by atoms with E-state index >= 15 is 0 Å². The number of fused-ring (bicyclic) bond motifs is 1. The number of hydrogen-bond donors (Lipinski definition) is 1. The molecule has 8 nitrogen and oxygen atoms in total. The molecule has 0 aromatic carbocycles. The fourth-order valence-electron chi connectivity index (χ4n) is 2.95. The summed E-state index contributed by atoms with van der Waals surface area (Å²) in [7, 11) is 3.49. The zero-order valence-corrected chi connectivity index (χ0v) is 13.4. The third kappa shape index (κ3) is 3.07. The SMILES string of the molecule is COCCN1C[C@H](CNC(=O)c2cnn3ccn(C)c23)CC1=O. The number of aromatic nitrogens is 3. The summed E-state index contributed by atoms with van der Waals surface area (Å²) < 4.78 is 8.53. The Hall–Kier alpha value is -2.35. The number of methoxy groups -OCH3 is 1. The summed E-state index contributed by atoms with van der Waals surface area (Å²) >= 11 is 0. The average molecular weight is 319 g/mol. The number of nitrogens with one attached hydrogen (secondary N) is 1. The highest BCUT2D eigenvalue weighted by molar-refractivity contribution is 5.99. The predicted octanol–water partition coefficient (Wildman–Crippen LogP) is -0.102. The Morgan fingerprint density at radius 3 is 3.09 bits per heavy atom. The minimum absolute atomic E-state index is 0.122. The van der Waals surface area contributed by atoms with Gasteiger partial charge in [-0.15, -0.1) is 0 Å². The van der Waals surface area contributed by atoms with Gasteiger partial charge in [-0.2, -0.15) is 5.10 Å². The topological polar surface area (TPSA) is 80.9 Å². The number of likely N-dealkylation sites (tertiary alicyclic amines) is 1. The van der Waals surface area contributed by atoms with Crippen LogP contribution in [0.1, 0.15) is 16.8 Å². The van der Waals surface area contributed by atoms with Gasteiger partial charge in [0.05, 0.1) is 12.8 Å². The van der Waals surface area contributed by atoms with E-state index in [-0.39, 0.29) is 17.7 Å². The lowest BCUT2D eigenvalue weighted by atomic mass is 10.1. The Bertz CT molecular complexity index is 720. The summed E-state index contributed by atoms with van der Waals surface area (Å²) in [5.74, 6) is 0.101. The van der Waals surface area contributed by atoms with Gasteiger partial charge in [-0.3, -0.25) is 9.59 Å². The van der Waals surface area contributed by atoms with Gasteiger partial charge >= 0.3 is 0 Å². The molecular weight excluding hydrogens is 298 g/mol. The zero-order valence-electron chi connectivity index (χ0n) is 13.4. The van der Waals surface area contributed by atoms with Gasteiger partial charge in [0.1, 0.15) is 11.2 Å². The van der Waals surface area contributed by atoms with Gasteiger partial charge in [0, 0.05) is 58.5 Å². The number of imidazole rings is 1. The van der Waals surface area contributed by atoms with Gasteiger partial charge in [0.15, 0.2) is 0 Å². The molecule has 3 heterocycles. The third-order valence-corrected chi connectivity index (χ3v) is 4.19. The number of aryl methyl sites for hydroxylation is 1. The van der Waals surface area contributed by atoms with Crippen LogP contribution in [0.25, 0.3) is 5.65 Å². The molecule has 0 spiro atoms. The number of amides is 2. The number of hydrogen-bond acceptors (Lipinski definition) is 4. The molecule has 23 heavy (non-hydrogen) atoms. The Morgan fingerprint density at radius 1 is 1.48 bits per heavy atom. The van der Waals surface area contributed by atoms with Crippen molar-refractivity contribution in [2.24, 2.45) is 13.0 Å². The fraction of sp³-hybridized carbons (Fsp3) is 0.533. The minimum atomic E-state index is -0.162. The van der Waals surface area contributed by atoms with E-state index < -0.39 is 0 Å². The van der Waals surface area contributed by atoms with Crippen molar-refractivity contribution in [1.29, 1.82) is 0 Å². The molecule has 1 aliphatic heterocycles. The Morgan fingerprint density at radius 2 is 2.30 bits per heavy atom. The zero-order chi connectivity index (χ0) is 16.4. The predicted molar refractivity (Wildman–Crippen MR) is 83.1 cm³/mol. The Kier molecular flexibility index (Phi) is 4.33. The van der Waals surface area contributed by atoms with Crippen molar-refractivity contribution in [2.45, 2.75) is 6.42 Å². The highest BCUT2D eigenvalue weighted by Gasteiger charge is 2.29. The van der Waals surface area contributed by atoms with E-state index in [0.29, 0.717) is 38.2 Å². The van der Waals surface area contributed by atoms with Crippen LogP contribution in [0.5, 0.6) is 0 Å². The van der Waals surface area contributed by atoms with Gasteiger partial charge in [-0.1, -0.05) is 0 Å². The molecule has 1 N–H and O–H groups in total. The van der Waals surface area contributed by atoms with Gasteiger partial charge in [0.25, 0.3) is 5.91 Å². The van der Waals surface area contributed by atoms with Gasteiger partial charge in [0.2, 0.25) is 5.91 Å². The van der Waals surface area contributed by atoms with Crippen molar-refractivity contribution in [2.75, 3.05) is 33.4 Å². The van der Waals surface area contributed by atoms with E-state index in [1.165, 1.54) is 0 Å². The maximum atomic E-state index is 12.4. The molecule has 1 saturated heterocycles. The summed E-state index contributed by atoms with van der Waals surface area (Å²) in [6.45, 7) is 2.28. The fourth-order valence-corrected chi connectivity index (χ4v) is 2.95. The summed E-state index contributed by atoms with van der Waals surface area (Å²) in [5.41, 5.74) is 1.30. The first-order valence-electron chi connectivity index (χ1n) is 7.63. The molecule has 0 unspecified atom stereocenters. The maximum Gasteiger partial charge on any atom is 0.256 e. The highest BCUT2D eigenvalue weighted by atomic mass is 16.5. The van der Waals surface area contributed by atoms with E-state index in [4.69, 9.17) is 4.74 Å². The second-order valence-electron chi connectivity index (χ2n) is 5.85. The molecule has 0 bridgehead atoms. The minimum Gasteiger partial charge on any atom is -0.383 e. The van der Waals surface area contributed by atoms with Crippen LogP contribution in [0.2, 0.25) is 0 Å². The quantitative estimate of drug-likeness (QED) is 0.806. The smallest absolute Gasteiger partial charge is 0.256 e. The number of rotatable bonds is 6. The number of nitrogens with zero attached hydrogens (tertiary/aromatic N) is 4. The summed E-state index contributed by atoms with van der Waals surface area (Å²) in [4.78, 5) is 26.0. The van der Waals surface area contributed by atoms with Gasteiger partial charge in [-0.25, -0.2) is 4.52 Å². The normalized spacial score (nSPS) is 18.1. The van der Waals surface area contributed by atoms with Crippen molar-refractivity contribution in [3.05, 3.63) is 24.2 Å². The summed E-state index contributed by atoms with van der Waals surface area (Å²) in [5, 5.41) is 7.07. The molecule has 1 atom stereocenters. The lowest BCUT2D eigenvalue weighted by molar-refractivity contribution is -0.128. The van der Waals surface area contributed by atoms with Crippen molar-refractivity contribution >= 4 is 17.5 Å². The first-order chi connectivity index (χ1) is 11.1. The standard InChI is InChI=1S/C15H21N5O3/c1-18-3-4-20-15(18)12(9-17-20)14(22)16-8-11-7-13(21)19(10-11)5-6-23-2/h3-4,9,11H,5-8,10H2,1-2H3,(H,16,22)/t11-/m0/s1. The average Bonchev–Trinajstić information content (AvgIpc) is 3.20. The molecule has 2 aromatic rings. The molecule has 0 aliphatic carbocycles. The highest BCUT2D eigenvalue weighted by Crippen LogP contribution is 2.17.